The normalized spacial score (nSPS) is 21.9. The lowest BCUT2D eigenvalue weighted by Gasteiger charge is -2.23. The second-order valence-electron chi connectivity index (χ2n) is 5.33. The lowest BCUT2D eigenvalue weighted by Crippen LogP contribution is -2.39. The van der Waals surface area contributed by atoms with E-state index in [0.29, 0.717) is 12.3 Å². The van der Waals surface area contributed by atoms with Crippen LogP contribution in [0.1, 0.15) is 18.4 Å². The molecule has 2 heterocycles. The van der Waals surface area contributed by atoms with E-state index >= 15 is 0 Å². The molecule has 4 nitrogen and oxygen atoms in total. The van der Waals surface area contributed by atoms with Crippen molar-refractivity contribution in [3.05, 3.63) is 42.1 Å². The van der Waals surface area contributed by atoms with Gasteiger partial charge in [-0.15, -0.1) is 0 Å². The predicted octanol–water partition coefficient (Wildman–Crippen LogP) is 1.90. The van der Waals surface area contributed by atoms with Crippen LogP contribution in [0.2, 0.25) is 0 Å². The maximum Gasteiger partial charge on any atom is 0.151 e. The number of pyridine rings is 1. The number of sulfone groups is 1. The summed E-state index contributed by atoms with van der Waals surface area (Å²) >= 11 is 0. The second-order valence-corrected chi connectivity index (χ2v) is 7.56. The fourth-order valence-electron chi connectivity index (χ4n) is 2.75. The SMILES string of the molecule is O=S1(=O)CCCC(NCc2cccc3cccnc23)C1. The van der Waals surface area contributed by atoms with Gasteiger partial charge in [0.25, 0.3) is 0 Å². The first-order valence-corrected chi connectivity index (χ1v) is 8.73. The number of para-hydroxylation sites is 1. The molecule has 1 aromatic carbocycles. The quantitative estimate of drug-likeness (QED) is 0.938. The molecule has 1 fully saturated rings. The zero-order valence-electron chi connectivity index (χ0n) is 11.2. The molecule has 1 aliphatic heterocycles. The van der Waals surface area contributed by atoms with E-state index in [1.54, 1.807) is 6.20 Å². The maximum absolute atomic E-state index is 11.6. The van der Waals surface area contributed by atoms with Gasteiger partial charge in [-0.3, -0.25) is 4.98 Å². The largest absolute Gasteiger partial charge is 0.309 e. The molecular formula is C15H18N2O2S. The van der Waals surface area contributed by atoms with Gasteiger partial charge >= 0.3 is 0 Å². The van der Waals surface area contributed by atoms with Gasteiger partial charge in [-0.1, -0.05) is 24.3 Å². The molecule has 1 saturated heterocycles. The van der Waals surface area contributed by atoms with Crippen molar-refractivity contribution in [3.63, 3.8) is 0 Å². The Bertz CT molecular complexity index is 707. The van der Waals surface area contributed by atoms with Crippen molar-refractivity contribution in [2.24, 2.45) is 0 Å². The van der Waals surface area contributed by atoms with E-state index < -0.39 is 9.84 Å². The number of fused-ring (bicyclic) bond motifs is 1. The van der Waals surface area contributed by atoms with E-state index in [2.05, 4.69) is 10.3 Å². The van der Waals surface area contributed by atoms with Crippen LogP contribution in [0, 0.1) is 0 Å². The summed E-state index contributed by atoms with van der Waals surface area (Å²) in [4.78, 5) is 4.42. The zero-order chi connectivity index (χ0) is 14.0. The van der Waals surface area contributed by atoms with Crippen molar-refractivity contribution in [3.8, 4) is 0 Å². The van der Waals surface area contributed by atoms with Gasteiger partial charge in [-0.05, 0) is 24.5 Å². The van der Waals surface area contributed by atoms with Crippen LogP contribution in [-0.4, -0.2) is 30.9 Å². The van der Waals surface area contributed by atoms with E-state index in [-0.39, 0.29) is 11.8 Å². The Morgan fingerprint density at radius 3 is 2.95 bits per heavy atom. The molecule has 0 bridgehead atoms. The van der Waals surface area contributed by atoms with Gasteiger partial charge in [0, 0.05) is 24.2 Å². The standard InChI is InChI=1S/C15H18N2O2S/c18-20(19)9-3-7-14(11-20)17-10-13-5-1-4-12-6-2-8-16-15(12)13/h1-2,4-6,8,14,17H,3,7,9-11H2. The molecule has 0 spiro atoms. The summed E-state index contributed by atoms with van der Waals surface area (Å²) < 4.78 is 23.3. The van der Waals surface area contributed by atoms with Crippen molar-refractivity contribution < 1.29 is 8.42 Å². The average Bonchev–Trinajstić information content (AvgIpc) is 2.44. The predicted molar refractivity (Wildman–Crippen MR) is 80.3 cm³/mol. The number of hydrogen-bond acceptors (Lipinski definition) is 4. The molecule has 106 valence electrons. The second kappa shape index (κ2) is 5.50. The molecule has 1 atom stereocenters. The molecule has 1 N–H and O–H groups in total. The summed E-state index contributed by atoms with van der Waals surface area (Å²) in [5, 5.41) is 4.48. The average molecular weight is 290 g/mol. The highest BCUT2D eigenvalue weighted by Crippen LogP contribution is 2.17. The van der Waals surface area contributed by atoms with Crippen molar-refractivity contribution in [1.29, 1.82) is 0 Å². The number of aromatic nitrogens is 1. The Morgan fingerprint density at radius 2 is 2.10 bits per heavy atom. The Hall–Kier alpha value is -1.46. The zero-order valence-corrected chi connectivity index (χ0v) is 12.1. The van der Waals surface area contributed by atoms with Crippen LogP contribution in [0.25, 0.3) is 10.9 Å². The third-order valence-electron chi connectivity index (χ3n) is 3.76. The maximum atomic E-state index is 11.6. The van der Waals surface area contributed by atoms with Crippen LogP contribution in [0.5, 0.6) is 0 Å². The van der Waals surface area contributed by atoms with E-state index in [1.807, 2.05) is 30.3 Å². The van der Waals surface area contributed by atoms with Gasteiger partial charge < -0.3 is 5.32 Å². The van der Waals surface area contributed by atoms with Gasteiger partial charge in [-0.25, -0.2) is 8.42 Å². The highest BCUT2D eigenvalue weighted by atomic mass is 32.2. The van der Waals surface area contributed by atoms with Crippen LogP contribution in [0.15, 0.2) is 36.5 Å². The van der Waals surface area contributed by atoms with Crippen molar-refractivity contribution >= 4 is 20.7 Å². The Labute approximate surface area is 119 Å². The number of benzene rings is 1. The fourth-order valence-corrected chi connectivity index (χ4v) is 4.42. The minimum absolute atomic E-state index is 0.0627. The molecule has 1 unspecified atom stereocenters. The monoisotopic (exact) mass is 290 g/mol. The Morgan fingerprint density at radius 1 is 1.25 bits per heavy atom. The molecule has 3 rings (SSSR count). The molecular weight excluding hydrogens is 272 g/mol. The molecule has 20 heavy (non-hydrogen) atoms. The third-order valence-corrected chi connectivity index (χ3v) is 5.58. The fraction of sp³-hybridized carbons (Fsp3) is 0.400. The molecule has 1 aliphatic rings. The van der Waals surface area contributed by atoms with E-state index in [0.717, 1.165) is 29.3 Å². The number of nitrogens with one attached hydrogen (secondary N) is 1. The van der Waals surface area contributed by atoms with E-state index in [1.165, 1.54) is 0 Å². The van der Waals surface area contributed by atoms with Gasteiger partial charge in [0.05, 0.1) is 17.0 Å². The van der Waals surface area contributed by atoms with E-state index in [9.17, 15) is 8.42 Å². The lowest BCUT2D eigenvalue weighted by atomic mass is 10.1. The summed E-state index contributed by atoms with van der Waals surface area (Å²) in [5.41, 5.74) is 2.10. The molecule has 0 radical (unpaired) electrons. The third kappa shape index (κ3) is 2.99. The first kappa shape index (κ1) is 13.5. The molecule has 0 aliphatic carbocycles. The summed E-state index contributed by atoms with van der Waals surface area (Å²) in [6.45, 7) is 0.661. The van der Waals surface area contributed by atoms with Crippen LogP contribution in [0.4, 0.5) is 0 Å². The van der Waals surface area contributed by atoms with Crippen molar-refractivity contribution in [2.75, 3.05) is 11.5 Å². The summed E-state index contributed by atoms with van der Waals surface area (Å²) in [5.74, 6) is 0.589. The van der Waals surface area contributed by atoms with Crippen molar-refractivity contribution in [2.45, 2.75) is 25.4 Å². The minimum atomic E-state index is -2.86. The molecule has 1 aromatic heterocycles. The smallest absolute Gasteiger partial charge is 0.151 e. The number of rotatable bonds is 3. The number of hydrogen-bond donors (Lipinski definition) is 1. The Balaban J connectivity index is 1.74. The summed E-state index contributed by atoms with van der Waals surface area (Å²) in [6, 6.07) is 10.1. The highest BCUT2D eigenvalue weighted by Gasteiger charge is 2.24. The van der Waals surface area contributed by atoms with Crippen LogP contribution >= 0.6 is 0 Å². The Kier molecular flexibility index (Phi) is 3.72. The van der Waals surface area contributed by atoms with Gasteiger partial charge in [0.15, 0.2) is 9.84 Å². The van der Waals surface area contributed by atoms with Gasteiger partial charge in [0.2, 0.25) is 0 Å². The summed E-state index contributed by atoms with van der Waals surface area (Å²) in [7, 11) is -2.86. The lowest BCUT2D eigenvalue weighted by molar-refractivity contribution is 0.481. The molecule has 0 amide bonds. The highest BCUT2D eigenvalue weighted by molar-refractivity contribution is 7.91. The molecule has 5 heteroatoms. The topological polar surface area (TPSA) is 59.1 Å². The van der Waals surface area contributed by atoms with Crippen LogP contribution in [0.3, 0.4) is 0 Å². The molecule has 2 aromatic rings. The van der Waals surface area contributed by atoms with Crippen LogP contribution in [-0.2, 0) is 16.4 Å². The van der Waals surface area contributed by atoms with Crippen molar-refractivity contribution in [1.82, 2.24) is 10.3 Å². The number of nitrogens with zero attached hydrogens (tertiary/aromatic N) is 1. The van der Waals surface area contributed by atoms with Gasteiger partial charge in [-0.2, -0.15) is 0 Å². The van der Waals surface area contributed by atoms with Gasteiger partial charge in [0.1, 0.15) is 0 Å². The first-order valence-electron chi connectivity index (χ1n) is 6.90. The minimum Gasteiger partial charge on any atom is -0.309 e. The summed E-state index contributed by atoms with van der Waals surface area (Å²) in [6.07, 6.45) is 3.47. The van der Waals surface area contributed by atoms with Crippen LogP contribution < -0.4 is 5.32 Å². The molecule has 0 saturated carbocycles. The first-order chi connectivity index (χ1) is 9.64. The van der Waals surface area contributed by atoms with E-state index in [4.69, 9.17) is 0 Å².